The standard InChI is InChI=1S/C24H23F2N3O4/c25-24(26)33-20-3-1-2-16(12-20)15-32-19-6-4-17(5-7-19)23-27-13-18-14-29(11-9-22(30)31)10-8-21(18)28-23/h1-7,12-13,24H,8-11,14-15H2,(H,30,31). The average Bonchev–Trinajstić information content (AvgIpc) is 2.81. The average molecular weight is 455 g/mol. The summed E-state index contributed by atoms with van der Waals surface area (Å²) in [5, 5.41) is 8.86. The van der Waals surface area contributed by atoms with Crippen molar-refractivity contribution in [2.24, 2.45) is 0 Å². The highest BCUT2D eigenvalue weighted by Crippen LogP contribution is 2.24. The van der Waals surface area contributed by atoms with Crippen LogP contribution in [0.2, 0.25) is 0 Å². The zero-order valence-electron chi connectivity index (χ0n) is 17.8. The molecule has 3 aromatic rings. The van der Waals surface area contributed by atoms with Crippen molar-refractivity contribution in [2.75, 3.05) is 13.1 Å². The molecule has 0 spiro atoms. The fourth-order valence-corrected chi connectivity index (χ4v) is 3.64. The van der Waals surface area contributed by atoms with Crippen molar-refractivity contribution in [1.82, 2.24) is 14.9 Å². The third-order valence-electron chi connectivity index (χ3n) is 5.30. The van der Waals surface area contributed by atoms with Crippen molar-refractivity contribution in [3.63, 3.8) is 0 Å². The monoisotopic (exact) mass is 455 g/mol. The van der Waals surface area contributed by atoms with Crippen LogP contribution in [0.3, 0.4) is 0 Å². The van der Waals surface area contributed by atoms with Gasteiger partial charge in [-0.1, -0.05) is 12.1 Å². The minimum atomic E-state index is -2.87. The van der Waals surface area contributed by atoms with Crippen LogP contribution in [0.15, 0.2) is 54.7 Å². The predicted molar refractivity (Wildman–Crippen MR) is 116 cm³/mol. The summed E-state index contributed by atoms with van der Waals surface area (Å²) in [6.45, 7) is -0.711. The van der Waals surface area contributed by atoms with E-state index in [0.29, 0.717) is 30.2 Å². The Morgan fingerprint density at radius 1 is 1.15 bits per heavy atom. The minimum Gasteiger partial charge on any atom is -0.489 e. The Morgan fingerprint density at radius 2 is 1.97 bits per heavy atom. The van der Waals surface area contributed by atoms with Crippen LogP contribution in [0.25, 0.3) is 11.4 Å². The molecule has 0 atom stereocenters. The van der Waals surface area contributed by atoms with Crippen LogP contribution in [0.5, 0.6) is 11.5 Å². The van der Waals surface area contributed by atoms with Crippen LogP contribution in [-0.2, 0) is 24.4 Å². The predicted octanol–water partition coefficient (Wildman–Crippen LogP) is 4.16. The minimum absolute atomic E-state index is 0.0935. The van der Waals surface area contributed by atoms with E-state index < -0.39 is 12.6 Å². The molecule has 7 nitrogen and oxygen atoms in total. The van der Waals surface area contributed by atoms with E-state index in [1.807, 2.05) is 30.5 Å². The number of nitrogens with zero attached hydrogens (tertiary/aromatic N) is 3. The van der Waals surface area contributed by atoms with Gasteiger partial charge in [-0.3, -0.25) is 9.69 Å². The number of aromatic nitrogens is 2. The highest BCUT2D eigenvalue weighted by molar-refractivity contribution is 5.66. The number of hydrogen-bond acceptors (Lipinski definition) is 6. The van der Waals surface area contributed by atoms with E-state index in [0.717, 1.165) is 29.8 Å². The van der Waals surface area contributed by atoms with Gasteiger partial charge in [0.05, 0.1) is 12.1 Å². The molecule has 0 radical (unpaired) electrons. The molecule has 0 saturated carbocycles. The highest BCUT2D eigenvalue weighted by atomic mass is 19.3. The molecule has 0 bridgehead atoms. The van der Waals surface area contributed by atoms with E-state index in [1.54, 1.807) is 12.1 Å². The van der Waals surface area contributed by atoms with Crippen LogP contribution in [0, 0.1) is 0 Å². The normalized spacial score (nSPS) is 13.5. The Bertz CT molecular complexity index is 1110. The third-order valence-corrected chi connectivity index (χ3v) is 5.30. The van der Waals surface area contributed by atoms with E-state index in [2.05, 4.69) is 14.6 Å². The summed E-state index contributed by atoms with van der Waals surface area (Å²) in [6, 6.07) is 13.8. The van der Waals surface area contributed by atoms with Crippen LogP contribution >= 0.6 is 0 Å². The number of aliphatic carboxylic acids is 1. The number of carboxylic acid groups (broad SMARTS) is 1. The van der Waals surface area contributed by atoms with Crippen molar-refractivity contribution in [3.05, 3.63) is 71.5 Å². The number of alkyl halides is 2. The highest BCUT2D eigenvalue weighted by Gasteiger charge is 2.19. The molecule has 0 unspecified atom stereocenters. The summed E-state index contributed by atoms with van der Waals surface area (Å²) in [6.07, 6.45) is 2.68. The maximum absolute atomic E-state index is 12.4. The summed E-state index contributed by atoms with van der Waals surface area (Å²) < 4.78 is 34.9. The Morgan fingerprint density at radius 3 is 2.73 bits per heavy atom. The number of carbonyl (C=O) groups is 1. The van der Waals surface area contributed by atoms with Gasteiger partial charge in [0.2, 0.25) is 0 Å². The first kappa shape index (κ1) is 22.6. The summed E-state index contributed by atoms with van der Waals surface area (Å²) in [7, 11) is 0. The number of halogens is 2. The molecule has 1 aliphatic rings. The molecule has 172 valence electrons. The van der Waals surface area contributed by atoms with Gasteiger partial charge in [-0.05, 0) is 42.0 Å². The van der Waals surface area contributed by atoms with E-state index in [9.17, 15) is 13.6 Å². The SMILES string of the molecule is O=C(O)CCN1CCc2nc(-c3ccc(OCc4cccc(OC(F)F)c4)cc3)ncc2C1. The molecule has 1 aliphatic heterocycles. The fourth-order valence-electron chi connectivity index (χ4n) is 3.64. The van der Waals surface area contributed by atoms with Gasteiger partial charge >= 0.3 is 12.6 Å². The molecule has 1 aromatic heterocycles. The molecular weight excluding hydrogens is 432 g/mol. The molecule has 4 rings (SSSR count). The second-order valence-corrected chi connectivity index (χ2v) is 7.67. The van der Waals surface area contributed by atoms with Gasteiger partial charge in [0.25, 0.3) is 0 Å². The van der Waals surface area contributed by atoms with E-state index in [1.165, 1.54) is 12.1 Å². The van der Waals surface area contributed by atoms with E-state index in [-0.39, 0.29) is 18.8 Å². The maximum Gasteiger partial charge on any atom is 0.387 e. The third kappa shape index (κ3) is 6.23. The molecule has 2 aromatic carbocycles. The van der Waals surface area contributed by atoms with Gasteiger partial charge in [-0.15, -0.1) is 0 Å². The zero-order valence-corrected chi connectivity index (χ0v) is 17.8. The lowest BCUT2D eigenvalue weighted by Gasteiger charge is -2.27. The zero-order chi connectivity index (χ0) is 23.2. The molecular formula is C24H23F2N3O4. The van der Waals surface area contributed by atoms with Crippen molar-refractivity contribution in [2.45, 2.75) is 32.6 Å². The van der Waals surface area contributed by atoms with Gasteiger partial charge in [0, 0.05) is 43.4 Å². The van der Waals surface area contributed by atoms with Crippen molar-refractivity contribution < 1.29 is 28.2 Å². The van der Waals surface area contributed by atoms with Crippen molar-refractivity contribution >= 4 is 5.97 Å². The topological polar surface area (TPSA) is 84.8 Å². The van der Waals surface area contributed by atoms with Crippen LogP contribution < -0.4 is 9.47 Å². The van der Waals surface area contributed by atoms with E-state index >= 15 is 0 Å². The molecule has 2 heterocycles. The molecule has 0 fully saturated rings. The number of fused-ring (bicyclic) bond motifs is 1. The smallest absolute Gasteiger partial charge is 0.387 e. The van der Waals surface area contributed by atoms with E-state index in [4.69, 9.17) is 14.8 Å². The Balaban J connectivity index is 1.36. The first-order chi connectivity index (χ1) is 16.0. The largest absolute Gasteiger partial charge is 0.489 e. The van der Waals surface area contributed by atoms with Gasteiger partial charge in [-0.25, -0.2) is 9.97 Å². The molecule has 1 N–H and O–H groups in total. The molecule has 0 amide bonds. The second-order valence-electron chi connectivity index (χ2n) is 7.67. The molecule has 33 heavy (non-hydrogen) atoms. The summed E-state index contributed by atoms with van der Waals surface area (Å²) >= 11 is 0. The quantitative estimate of drug-likeness (QED) is 0.519. The first-order valence-corrected chi connectivity index (χ1v) is 10.5. The number of carboxylic acids is 1. The number of hydrogen-bond donors (Lipinski definition) is 1. The van der Waals surface area contributed by atoms with Crippen molar-refractivity contribution in [3.8, 4) is 22.9 Å². The first-order valence-electron chi connectivity index (χ1n) is 10.5. The van der Waals surface area contributed by atoms with Gasteiger partial charge < -0.3 is 14.6 Å². The molecule has 0 aliphatic carbocycles. The number of rotatable bonds is 9. The second kappa shape index (κ2) is 10.4. The molecule has 9 heteroatoms. The summed E-state index contributed by atoms with van der Waals surface area (Å²) in [5.41, 5.74) is 3.57. The maximum atomic E-state index is 12.4. The Kier molecular flexibility index (Phi) is 7.09. The lowest BCUT2D eigenvalue weighted by Crippen LogP contribution is -2.33. The summed E-state index contributed by atoms with van der Waals surface area (Å²) in [4.78, 5) is 22.1. The van der Waals surface area contributed by atoms with Gasteiger partial charge in [0.15, 0.2) is 5.82 Å². The Labute approximate surface area is 189 Å². The van der Waals surface area contributed by atoms with Crippen LogP contribution in [-0.4, -0.2) is 45.6 Å². The molecule has 0 saturated heterocycles. The summed E-state index contributed by atoms with van der Waals surface area (Å²) in [5.74, 6) is 0.548. The fraction of sp³-hybridized carbons (Fsp3) is 0.292. The number of ether oxygens (including phenoxy) is 2. The van der Waals surface area contributed by atoms with Gasteiger partial charge in [0.1, 0.15) is 18.1 Å². The Hall–Kier alpha value is -3.59. The van der Waals surface area contributed by atoms with Crippen LogP contribution in [0.1, 0.15) is 23.2 Å². The van der Waals surface area contributed by atoms with Gasteiger partial charge in [-0.2, -0.15) is 8.78 Å². The lowest BCUT2D eigenvalue weighted by molar-refractivity contribution is -0.137. The van der Waals surface area contributed by atoms with Crippen molar-refractivity contribution in [1.29, 1.82) is 0 Å². The van der Waals surface area contributed by atoms with Crippen LogP contribution in [0.4, 0.5) is 8.78 Å². The number of benzene rings is 2. The lowest BCUT2D eigenvalue weighted by atomic mass is 10.1.